The van der Waals surface area contributed by atoms with Gasteiger partial charge in [0.2, 0.25) is 5.91 Å². The molecule has 1 amide bonds. The number of unbranched alkanes of at least 4 members (excludes halogenated alkanes) is 1. The maximum atomic E-state index is 12.8. The van der Waals surface area contributed by atoms with E-state index in [2.05, 4.69) is 9.80 Å². The molecule has 0 spiro atoms. The van der Waals surface area contributed by atoms with E-state index in [1.807, 2.05) is 11.8 Å². The summed E-state index contributed by atoms with van der Waals surface area (Å²) in [5, 5.41) is 0. The first-order valence-electron chi connectivity index (χ1n) is 9.53. The number of carbonyl (C=O) groups is 1. The zero-order chi connectivity index (χ0) is 15.9. The van der Waals surface area contributed by atoms with Gasteiger partial charge in [-0.2, -0.15) is 11.8 Å². The molecule has 132 valence electrons. The van der Waals surface area contributed by atoms with Crippen LogP contribution in [0.1, 0.15) is 44.9 Å². The summed E-state index contributed by atoms with van der Waals surface area (Å²) in [6, 6.07) is 0.182. The molecule has 0 aromatic carbocycles. The molecule has 0 aliphatic carbocycles. The van der Waals surface area contributed by atoms with Crippen LogP contribution >= 0.6 is 11.8 Å². The molecular formula is C18H32N2O2S. The predicted octanol–water partition coefficient (Wildman–Crippen LogP) is 2.62. The molecule has 0 aromatic rings. The summed E-state index contributed by atoms with van der Waals surface area (Å²) in [5.41, 5.74) is 0. The molecule has 3 rings (SSSR count). The van der Waals surface area contributed by atoms with Gasteiger partial charge in [-0.15, -0.1) is 0 Å². The van der Waals surface area contributed by atoms with E-state index in [0.717, 1.165) is 63.2 Å². The van der Waals surface area contributed by atoms with Crippen LogP contribution in [0, 0.1) is 5.92 Å². The Hall–Kier alpha value is -0.260. The molecule has 3 heterocycles. The fourth-order valence-electron chi connectivity index (χ4n) is 4.15. The highest BCUT2D eigenvalue weighted by molar-refractivity contribution is 7.99. The van der Waals surface area contributed by atoms with Gasteiger partial charge in [0.05, 0.1) is 6.04 Å². The summed E-state index contributed by atoms with van der Waals surface area (Å²) in [7, 11) is 0. The Morgan fingerprint density at radius 3 is 2.61 bits per heavy atom. The lowest BCUT2D eigenvalue weighted by Crippen LogP contribution is -2.48. The highest BCUT2D eigenvalue weighted by atomic mass is 32.2. The van der Waals surface area contributed by atoms with E-state index < -0.39 is 0 Å². The number of hydrogen-bond donors (Lipinski definition) is 0. The Morgan fingerprint density at radius 2 is 1.83 bits per heavy atom. The molecule has 3 saturated heterocycles. The molecule has 4 nitrogen and oxygen atoms in total. The maximum Gasteiger partial charge on any atom is 0.239 e. The normalized spacial score (nSPS) is 27.5. The van der Waals surface area contributed by atoms with Crippen molar-refractivity contribution in [1.82, 2.24) is 9.80 Å². The van der Waals surface area contributed by atoms with Gasteiger partial charge in [-0.3, -0.25) is 9.69 Å². The lowest BCUT2D eigenvalue weighted by Gasteiger charge is -2.32. The minimum absolute atomic E-state index is 0.182. The van der Waals surface area contributed by atoms with E-state index in [1.165, 1.54) is 38.5 Å². The van der Waals surface area contributed by atoms with Crippen LogP contribution in [0.4, 0.5) is 0 Å². The Balaban J connectivity index is 1.37. The van der Waals surface area contributed by atoms with Crippen molar-refractivity contribution in [3.8, 4) is 0 Å². The molecule has 0 saturated carbocycles. The Labute approximate surface area is 145 Å². The van der Waals surface area contributed by atoms with Crippen molar-refractivity contribution in [2.45, 2.75) is 51.0 Å². The molecule has 1 atom stereocenters. The molecular weight excluding hydrogens is 308 g/mol. The van der Waals surface area contributed by atoms with Gasteiger partial charge >= 0.3 is 0 Å². The lowest BCUT2D eigenvalue weighted by atomic mass is 9.94. The Morgan fingerprint density at radius 1 is 1.04 bits per heavy atom. The van der Waals surface area contributed by atoms with Crippen molar-refractivity contribution in [2.24, 2.45) is 5.92 Å². The first-order valence-corrected chi connectivity index (χ1v) is 10.7. The summed E-state index contributed by atoms with van der Waals surface area (Å²) >= 11 is 1.97. The third-order valence-corrected chi connectivity index (χ3v) is 6.56. The number of ether oxygens (including phenoxy) is 1. The molecule has 0 N–H and O–H groups in total. The van der Waals surface area contributed by atoms with Crippen molar-refractivity contribution < 1.29 is 9.53 Å². The van der Waals surface area contributed by atoms with Crippen LogP contribution in [0.5, 0.6) is 0 Å². The second-order valence-electron chi connectivity index (χ2n) is 7.18. The standard InChI is InChI=1S/C18H32N2O2S/c21-18(20-10-14-23-15-11-20)17-5-3-9-19(17)8-2-1-4-16-6-12-22-13-7-16/h16-17H,1-15H2/t17-/m1/s1. The number of carbonyl (C=O) groups excluding carboxylic acids is 1. The van der Waals surface area contributed by atoms with Crippen LogP contribution in [-0.4, -0.2) is 72.6 Å². The topological polar surface area (TPSA) is 32.8 Å². The quantitative estimate of drug-likeness (QED) is 0.696. The van der Waals surface area contributed by atoms with Crippen molar-refractivity contribution in [1.29, 1.82) is 0 Å². The largest absolute Gasteiger partial charge is 0.381 e. The summed E-state index contributed by atoms with van der Waals surface area (Å²) < 4.78 is 5.43. The molecule has 0 unspecified atom stereocenters. The highest BCUT2D eigenvalue weighted by Crippen LogP contribution is 2.24. The van der Waals surface area contributed by atoms with Crippen LogP contribution in [0.25, 0.3) is 0 Å². The van der Waals surface area contributed by atoms with Gasteiger partial charge in [-0.1, -0.05) is 12.8 Å². The second-order valence-corrected chi connectivity index (χ2v) is 8.41. The first kappa shape index (κ1) is 17.6. The van der Waals surface area contributed by atoms with Crippen molar-refractivity contribution in [3.63, 3.8) is 0 Å². The predicted molar refractivity (Wildman–Crippen MR) is 95.9 cm³/mol. The number of nitrogens with zero attached hydrogens (tertiary/aromatic N) is 2. The smallest absolute Gasteiger partial charge is 0.239 e. The van der Waals surface area contributed by atoms with Crippen molar-refractivity contribution in [2.75, 3.05) is 50.9 Å². The lowest BCUT2D eigenvalue weighted by molar-refractivity contribution is -0.135. The average molecular weight is 341 g/mol. The minimum atomic E-state index is 0.182. The van der Waals surface area contributed by atoms with E-state index >= 15 is 0 Å². The van der Waals surface area contributed by atoms with Gasteiger partial charge in [0.1, 0.15) is 0 Å². The second kappa shape index (κ2) is 9.28. The van der Waals surface area contributed by atoms with Crippen molar-refractivity contribution in [3.05, 3.63) is 0 Å². The summed E-state index contributed by atoms with van der Waals surface area (Å²) in [4.78, 5) is 17.3. The number of amides is 1. The highest BCUT2D eigenvalue weighted by Gasteiger charge is 2.33. The van der Waals surface area contributed by atoms with E-state index in [9.17, 15) is 4.79 Å². The third-order valence-electron chi connectivity index (χ3n) is 5.62. The molecule has 23 heavy (non-hydrogen) atoms. The number of hydrogen-bond acceptors (Lipinski definition) is 4. The summed E-state index contributed by atoms with van der Waals surface area (Å²) in [6.07, 6.45) is 8.66. The van der Waals surface area contributed by atoms with Crippen LogP contribution in [0.3, 0.4) is 0 Å². The van der Waals surface area contributed by atoms with Gasteiger partial charge in [-0.25, -0.2) is 0 Å². The molecule has 3 aliphatic heterocycles. The minimum Gasteiger partial charge on any atom is -0.381 e. The molecule has 0 radical (unpaired) electrons. The summed E-state index contributed by atoms with van der Waals surface area (Å²) in [6.45, 7) is 6.07. The molecule has 3 aliphatic rings. The third kappa shape index (κ3) is 5.10. The monoisotopic (exact) mass is 340 g/mol. The van der Waals surface area contributed by atoms with Crippen molar-refractivity contribution >= 4 is 17.7 Å². The number of rotatable bonds is 6. The van der Waals surface area contributed by atoms with Crippen LogP contribution in [-0.2, 0) is 9.53 Å². The SMILES string of the molecule is O=C([C@H]1CCCN1CCCCC1CCOCC1)N1CCSCC1. The fraction of sp³-hybridized carbons (Fsp3) is 0.944. The van der Waals surface area contributed by atoms with Gasteiger partial charge in [0.15, 0.2) is 0 Å². The molecule has 3 fully saturated rings. The van der Waals surface area contributed by atoms with Gasteiger partial charge < -0.3 is 9.64 Å². The van der Waals surface area contributed by atoms with Crippen LogP contribution in [0.15, 0.2) is 0 Å². The summed E-state index contributed by atoms with van der Waals surface area (Å²) in [5.74, 6) is 3.52. The van der Waals surface area contributed by atoms with E-state index in [0.29, 0.717) is 5.91 Å². The first-order chi connectivity index (χ1) is 11.3. The zero-order valence-corrected chi connectivity index (χ0v) is 15.2. The van der Waals surface area contributed by atoms with Gasteiger partial charge in [0, 0.05) is 37.8 Å². The molecule has 0 aromatic heterocycles. The van der Waals surface area contributed by atoms with Crippen LogP contribution < -0.4 is 0 Å². The van der Waals surface area contributed by atoms with Gasteiger partial charge in [-0.05, 0) is 51.1 Å². The van der Waals surface area contributed by atoms with Gasteiger partial charge in [0.25, 0.3) is 0 Å². The fourth-order valence-corrected chi connectivity index (χ4v) is 5.05. The molecule has 0 bridgehead atoms. The molecule has 5 heteroatoms. The Kier molecular flexibility index (Phi) is 7.09. The maximum absolute atomic E-state index is 12.8. The van der Waals surface area contributed by atoms with E-state index in [4.69, 9.17) is 4.74 Å². The number of likely N-dealkylation sites (tertiary alicyclic amines) is 1. The van der Waals surface area contributed by atoms with E-state index in [-0.39, 0.29) is 6.04 Å². The number of thioether (sulfide) groups is 1. The zero-order valence-electron chi connectivity index (χ0n) is 14.4. The van der Waals surface area contributed by atoms with E-state index in [1.54, 1.807) is 0 Å². The Bertz CT molecular complexity index is 368. The average Bonchev–Trinajstić information content (AvgIpc) is 3.08. The van der Waals surface area contributed by atoms with Crippen LogP contribution in [0.2, 0.25) is 0 Å².